The highest BCUT2D eigenvalue weighted by Gasteiger charge is 2.12. The quantitative estimate of drug-likeness (QED) is 0.811. The Kier molecular flexibility index (Phi) is 4.45. The lowest BCUT2D eigenvalue weighted by atomic mass is 9.92. The SMILES string of the molecule is CC(C)(C)CCNc1c(Cl)cc(F)cc1Cl. The second-order valence-corrected chi connectivity index (χ2v) is 5.80. The van der Waals surface area contributed by atoms with Crippen molar-refractivity contribution in [3.63, 3.8) is 0 Å². The number of benzene rings is 1. The summed E-state index contributed by atoms with van der Waals surface area (Å²) < 4.78 is 12.9. The van der Waals surface area contributed by atoms with Crippen LogP contribution in [0.15, 0.2) is 12.1 Å². The molecule has 1 aromatic rings. The molecule has 0 aromatic heterocycles. The van der Waals surface area contributed by atoms with Crippen LogP contribution in [0.2, 0.25) is 10.0 Å². The van der Waals surface area contributed by atoms with Gasteiger partial charge in [-0.2, -0.15) is 0 Å². The van der Waals surface area contributed by atoms with Gasteiger partial charge in [0, 0.05) is 6.54 Å². The fourth-order valence-corrected chi connectivity index (χ4v) is 1.87. The number of rotatable bonds is 3. The lowest BCUT2D eigenvalue weighted by Gasteiger charge is -2.19. The molecule has 16 heavy (non-hydrogen) atoms. The summed E-state index contributed by atoms with van der Waals surface area (Å²) >= 11 is 11.8. The first-order valence-electron chi connectivity index (χ1n) is 5.18. The van der Waals surface area contributed by atoms with Gasteiger partial charge >= 0.3 is 0 Å². The lowest BCUT2D eigenvalue weighted by Crippen LogP contribution is -2.13. The van der Waals surface area contributed by atoms with Crippen molar-refractivity contribution < 1.29 is 4.39 Å². The zero-order chi connectivity index (χ0) is 12.3. The fourth-order valence-electron chi connectivity index (χ4n) is 1.27. The van der Waals surface area contributed by atoms with Gasteiger partial charge in [0.15, 0.2) is 0 Å². The lowest BCUT2D eigenvalue weighted by molar-refractivity contribution is 0.390. The molecule has 0 atom stereocenters. The molecule has 0 heterocycles. The van der Waals surface area contributed by atoms with Crippen LogP contribution in [-0.4, -0.2) is 6.54 Å². The standard InChI is InChI=1S/C12H16Cl2FN/c1-12(2,3)4-5-16-11-9(13)6-8(15)7-10(11)14/h6-7,16H,4-5H2,1-3H3. The highest BCUT2D eigenvalue weighted by Crippen LogP contribution is 2.31. The van der Waals surface area contributed by atoms with Crippen molar-refractivity contribution >= 4 is 28.9 Å². The van der Waals surface area contributed by atoms with Crippen molar-refractivity contribution in [1.82, 2.24) is 0 Å². The molecule has 90 valence electrons. The van der Waals surface area contributed by atoms with Crippen molar-refractivity contribution in [2.45, 2.75) is 27.2 Å². The Labute approximate surface area is 106 Å². The van der Waals surface area contributed by atoms with Crippen LogP contribution in [0.5, 0.6) is 0 Å². The zero-order valence-electron chi connectivity index (χ0n) is 9.70. The van der Waals surface area contributed by atoms with Crippen LogP contribution in [0.4, 0.5) is 10.1 Å². The van der Waals surface area contributed by atoms with E-state index in [1.54, 1.807) is 0 Å². The molecule has 1 N–H and O–H groups in total. The minimum Gasteiger partial charge on any atom is -0.383 e. The van der Waals surface area contributed by atoms with Gasteiger partial charge in [0.05, 0.1) is 15.7 Å². The summed E-state index contributed by atoms with van der Waals surface area (Å²) in [6.45, 7) is 7.22. The molecule has 0 saturated carbocycles. The van der Waals surface area contributed by atoms with Crippen LogP contribution in [0.1, 0.15) is 27.2 Å². The van der Waals surface area contributed by atoms with Gasteiger partial charge in [-0.25, -0.2) is 4.39 Å². The van der Waals surface area contributed by atoms with Gasteiger partial charge < -0.3 is 5.32 Å². The minimum atomic E-state index is -0.420. The first-order chi connectivity index (χ1) is 7.29. The Balaban J connectivity index is 2.68. The van der Waals surface area contributed by atoms with Crippen molar-refractivity contribution in [2.75, 3.05) is 11.9 Å². The Morgan fingerprint density at radius 2 is 1.69 bits per heavy atom. The maximum atomic E-state index is 12.9. The molecule has 0 spiro atoms. The second kappa shape index (κ2) is 5.24. The van der Waals surface area contributed by atoms with Gasteiger partial charge in [-0.1, -0.05) is 44.0 Å². The Hall–Kier alpha value is -0.470. The number of hydrogen-bond donors (Lipinski definition) is 1. The molecule has 0 aliphatic heterocycles. The predicted molar refractivity (Wildman–Crippen MR) is 69.0 cm³/mol. The minimum absolute atomic E-state index is 0.242. The van der Waals surface area contributed by atoms with Crippen LogP contribution >= 0.6 is 23.2 Å². The van der Waals surface area contributed by atoms with Crippen LogP contribution < -0.4 is 5.32 Å². The van der Waals surface area contributed by atoms with E-state index in [9.17, 15) is 4.39 Å². The second-order valence-electron chi connectivity index (χ2n) is 4.98. The molecule has 1 rings (SSSR count). The molecule has 0 bridgehead atoms. The van der Waals surface area contributed by atoms with E-state index >= 15 is 0 Å². The molecule has 0 saturated heterocycles. The van der Waals surface area contributed by atoms with Gasteiger partial charge in [0.1, 0.15) is 5.82 Å². The van der Waals surface area contributed by atoms with Crippen molar-refractivity contribution in [3.05, 3.63) is 28.0 Å². The molecular formula is C12H16Cl2FN. The monoisotopic (exact) mass is 263 g/mol. The molecule has 4 heteroatoms. The van der Waals surface area contributed by atoms with E-state index in [-0.39, 0.29) is 5.41 Å². The van der Waals surface area contributed by atoms with E-state index in [0.717, 1.165) is 13.0 Å². The van der Waals surface area contributed by atoms with Crippen molar-refractivity contribution in [3.8, 4) is 0 Å². The average Bonchev–Trinajstić information content (AvgIpc) is 2.07. The van der Waals surface area contributed by atoms with Gasteiger partial charge in [-0.3, -0.25) is 0 Å². The first-order valence-corrected chi connectivity index (χ1v) is 5.93. The summed E-state index contributed by atoms with van der Waals surface area (Å²) in [6.07, 6.45) is 0.983. The van der Waals surface area contributed by atoms with Crippen LogP contribution in [-0.2, 0) is 0 Å². The average molecular weight is 264 g/mol. The highest BCUT2D eigenvalue weighted by molar-refractivity contribution is 6.39. The fraction of sp³-hybridized carbons (Fsp3) is 0.500. The molecule has 0 aliphatic carbocycles. The molecule has 0 unspecified atom stereocenters. The number of nitrogens with one attached hydrogen (secondary N) is 1. The van der Waals surface area contributed by atoms with E-state index < -0.39 is 5.82 Å². The normalized spacial score (nSPS) is 11.6. The van der Waals surface area contributed by atoms with Crippen molar-refractivity contribution in [1.29, 1.82) is 0 Å². The number of hydrogen-bond acceptors (Lipinski definition) is 1. The molecule has 0 aliphatic rings. The third-order valence-corrected chi connectivity index (χ3v) is 2.78. The third kappa shape index (κ3) is 4.18. The summed E-state index contributed by atoms with van der Waals surface area (Å²) in [5.74, 6) is -0.420. The van der Waals surface area contributed by atoms with E-state index in [2.05, 4.69) is 26.1 Å². The molecule has 0 fully saturated rings. The Morgan fingerprint density at radius 3 is 2.12 bits per heavy atom. The van der Waals surface area contributed by atoms with Crippen LogP contribution in [0.25, 0.3) is 0 Å². The smallest absolute Gasteiger partial charge is 0.126 e. The van der Waals surface area contributed by atoms with Gasteiger partial charge in [0.25, 0.3) is 0 Å². The molecule has 1 aromatic carbocycles. The Morgan fingerprint density at radius 1 is 1.19 bits per heavy atom. The van der Waals surface area contributed by atoms with E-state index in [1.807, 2.05) is 0 Å². The molecule has 0 amide bonds. The topological polar surface area (TPSA) is 12.0 Å². The molecular weight excluding hydrogens is 248 g/mol. The predicted octanol–water partition coefficient (Wildman–Crippen LogP) is 4.98. The highest BCUT2D eigenvalue weighted by atomic mass is 35.5. The van der Waals surface area contributed by atoms with Crippen molar-refractivity contribution in [2.24, 2.45) is 5.41 Å². The summed E-state index contributed by atoms with van der Waals surface area (Å²) in [5, 5.41) is 3.77. The maximum absolute atomic E-state index is 12.9. The van der Waals surface area contributed by atoms with Gasteiger partial charge in [-0.05, 0) is 24.0 Å². The summed E-state index contributed by atoms with van der Waals surface area (Å²) in [4.78, 5) is 0. The number of anilines is 1. The largest absolute Gasteiger partial charge is 0.383 e. The molecule has 1 nitrogen and oxygen atoms in total. The molecule has 0 radical (unpaired) electrons. The van der Waals surface area contributed by atoms with E-state index in [0.29, 0.717) is 15.7 Å². The maximum Gasteiger partial charge on any atom is 0.126 e. The van der Waals surface area contributed by atoms with E-state index in [1.165, 1.54) is 12.1 Å². The summed E-state index contributed by atoms with van der Waals surface area (Å²) in [6, 6.07) is 2.51. The van der Waals surface area contributed by atoms with Gasteiger partial charge in [0.2, 0.25) is 0 Å². The summed E-state index contributed by atoms with van der Waals surface area (Å²) in [5.41, 5.74) is 0.848. The number of halogens is 3. The van der Waals surface area contributed by atoms with Crippen LogP contribution in [0, 0.1) is 11.2 Å². The third-order valence-electron chi connectivity index (χ3n) is 2.18. The first kappa shape index (κ1) is 13.6. The van der Waals surface area contributed by atoms with Crippen LogP contribution in [0.3, 0.4) is 0 Å². The summed E-state index contributed by atoms with van der Waals surface area (Å²) in [7, 11) is 0. The van der Waals surface area contributed by atoms with Gasteiger partial charge in [-0.15, -0.1) is 0 Å². The zero-order valence-corrected chi connectivity index (χ0v) is 11.2. The van der Waals surface area contributed by atoms with E-state index in [4.69, 9.17) is 23.2 Å². The Bertz CT molecular complexity index is 349.